The summed E-state index contributed by atoms with van der Waals surface area (Å²) in [4.78, 5) is 26.1. The minimum Gasteiger partial charge on any atom is -0.467 e. The molecule has 0 aromatic rings. The summed E-state index contributed by atoms with van der Waals surface area (Å²) >= 11 is 0. The van der Waals surface area contributed by atoms with Crippen molar-refractivity contribution in [1.29, 1.82) is 0 Å². The van der Waals surface area contributed by atoms with Crippen molar-refractivity contribution in [2.24, 2.45) is 5.92 Å². The van der Waals surface area contributed by atoms with Crippen LogP contribution in [-0.2, 0) is 14.3 Å². The molecule has 0 radical (unpaired) electrons. The molecule has 1 N–H and O–H groups in total. The summed E-state index contributed by atoms with van der Waals surface area (Å²) in [5.41, 5.74) is 0. The van der Waals surface area contributed by atoms with E-state index in [1.165, 1.54) is 7.11 Å². The van der Waals surface area contributed by atoms with Crippen molar-refractivity contribution in [1.82, 2.24) is 10.2 Å². The number of likely N-dealkylation sites (tertiary alicyclic amines) is 1. The van der Waals surface area contributed by atoms with E-state index in [4.69, 9.17) is 4.74 Å². The number of carbonyl (C=O) groups excluding carboxylic acids is 2. The van der Waals surface area contributed by atoms with Gasteiger partial charge in [-0.25, -0.2) is 4.79 Å². The average molecular weight is 270 g/mol. The minimum atomic E-state index is -0.544. The zero-order valence-electron chi connectivity index (χ0n) is 12.4. The number of rotatable bonds is 5. The van der Waals surface area contributed by atoms with Crippen LogP contribution in [0.25, 0.3) is 0 Å². The highest BCUT2D eigenvalue weighted by atomic mass is 16.5. The molecule has 5 nitrogen and oxygen atoms in total. The Kier molecular flexibility index (Phi) is 6.28. The molecule has 0 aromatic heterocycles. The maximum Gasteiger partial charge on any atom is 0.328 e. The van der Waals surface area contributed by atoms with Gasteiger partial charge in [0.1, 0.15) is 6.04 Å². The Bertz CT molecular complexity index is 320. The first-order valence-corrected chi connectivity index (χ1v) is 7.09. The summed E-state index contributed by atoms with van der Waals surface area (Å²) in [6.07, 6.45) is 3.87. The van der Waals surface area contributed by atoms with Gasteiger partial charge in [-0.2, -0.15) is 0 Å². The molecule has 0 bridgehead atoms. The average Bonchev–Trinajstić information content (AvgIpc) is 2.43. The second-order valence-electron chi connectivity index (χ2n) is 5.39. The molecule has 1 heterocycles. The third kappa shape index (κ3) is 4.20. The van der Waals surface area contributed by atoms with E-state index in [2.05, 4.69) is 10.2 Å². The van der Waals surface area contributed by atoms with Crippen LogP contribution in [0.2, 0.25) is 0 Å². The molecule has 1 saturated heterocycles. The van der Waals surface area contributed by atoms with Gasteiger partial charge in [-0.3, -0.25) is 9.69 Å². The van der Waals surface area contributed by atoms with Crippen molar-refractivity contribution in [3.05, 3.63) is 0 Å². The topological polar surface area (TPSA) is 58.6 Å². The van der Waals surface area contributed by atoms with Gasteiger partial charge < -0.3 is 10.1 Å². The van der Waals surface area contributed by atoms with Gasteiger partial charge in [0.2, 0.25) is 5.91 Å². The number of hydrogen-bond donors (Lipinski definition) is 1. The van der Waals surface area contributed by atoms with Crippen LogP contribution in [0.3, 0.4) is 0 Å². The maximum absolute atomic E-state index is 12.3. The molecule has 1 fully saturated rings. The normalized spacial score (nSPS) is 23.5. The molecule has 1 aliphatic rings. The number of nitrogens with zero attached hydrogens (tertiary/aromatic N) is 1. The van der Waals surface area contributed by atoms with E-state index < -0.39 is 6.04 Å². The van der Waals surface area contributed by atoms with Crippen LogP contribution in [0, 0.1) is 5.92 Å². The Hall–Kier alpha value is -1.10. The van der Waals surface area contributed by atoms with Crippen LogP contribution in [0.4, 0.5) is 0 Å². The number of esters is 1. The monoisotopic (exact) mass is 270 g/mol. The smallest absolute Gasteiger partial charge is 0.328 e. The number of ether oxygens (including phenoxy) is 1. The molecule has 1 amide bonds. The van der Waals surface area contributed by atoms with Crippen molar-refractivity contribution in [3.63, 3.8) is 0 Å². The molecule has 0 aliphatic carbocycles. The number of likely N-dealkylation sites (N-methyl/N-ethyl adjacent to an activating group) is 1. The lowest BCUT2D eigenvalue weighted by Gasteiger charge is -2.33. The van der Waals surface area contributed by atoms with E-state index in [0.29, 0.717) is 0 Å². The molecule has 0 unspecified atom stereocenters. The highest BCUT2D eigenvalue weighted by Gasteiger charge is 2.32. The van der Waals surface area contributed by atoms with Crippen molar-refractivity contribution in [2.75, 3.05) is 20.7 Å². The fourth-order valence-electron chi connectivity index (χ4n) is 2.45. The van der Waals surface area contributed by atoms with Gasteiger partial charge in [0, 0.05) is 0 Å². The van der Waals surface area contributed by atoms with Gasteiger partial charge in [0.05, 0.1) is 13.2 Å². The van der Waals surface area contributed by atoms with Gasteiger partial charge in [0.15, 0.2) is 0 Å². The van der Waals surface area contributed by atoms with Gasteiger partial charge in [0.25, 0.3) is 0 Å². The molecular formula is C14H26N2O3. The first-order chi connectivity index (χ1) is 9.01. The molecule has 5 heteroatoms. The number of methoxy groups -OCH3 is 1. The van der Waals surface area contributed by atoms with Gasteiger partial charge in [-0.15, -0.1) is 0 Å². The largest absolute Gasteiger partial charge is 0.467 e. The van der Waals surface area contributed by atoms with Crippen LogP contribution in [0.15, 0.2) is 0 Å². The molecule has 110 valence electrons. The van der Waals surface area contributed by atoms with Crippen molar-refractivity contribution < 1.29 is 14.3 Å². The Balaban J connectivity index is 2.67. The van der Waals surface area contributed by atoms with Gasteiger partial charge >= 0.3 is 5.97 Å². The van der Waals surface area contributed by atoms with Crippen molar-refractivity contribution >= 4 is 11.9 Å². The molecule has 0 spiro atoms. The summed E-state index contributed by atoms with van der Waals surface area (Å²) in [7, 11) is 3.32. The number of amides is 1. The quantitative estimate of drug-likeness (QED) is 0.762. The van der Waals surface area contributed by atoms with E-state index in [1.807, 2.05) is 20.9 Å². The van der Waals surface area contributed by atoms with E-state index in [-0.39, 0.29) is 23.8 Å². The maximum atomic E-state index is 12.3. The molecular weight excluding hydrogens is 244 g/mol. The summed E-state index contributed by atoms with van der Waals surface area (Å²) in [5.74, 6) is -0.343. The highest BCUT2D eigenvalue weighted by Crippen LogP contribution is 2.16. The Labute approximate surface area is 115 Å². The first-order valence-electron chi connectivity index (χ1n) is 7.09. The van der Waals surface area contributed by atoms with Crippen LogP contribution in [-0.4, -0.2) is 49.6 Å². The second-order valence-corrected chi connectivity index (χ2v) is 5.39. The second kappa shape index (κ2) is 7.48. The number of piperidine rings is 1. The van der Waals surface area contributed by atoms with Crippen molar-refractivity contribution in [2.45, 2.75) is 51.6 Å². The van der Waals surface area contributed by atoms with Crippen LogP contribution >= 0.6 is 0 Å². The zero-order chi connectivity index (χ0) is 14.4. The Morgan fingerprint density at radius 3 is 2.63 bits per heavy atom. The predicted octanol–water partition coefficient (Wildman–Crippen LogP) is 1.17. The van der Waals surface area contributed by atoms with Crippen LogP contribution in [0.1, 0.15) is 39.5 Å². The molecule has 1 rings (SSSR count). The molecule has 0 saturated carbocycles. The van der Waals surface area contributed by atoms with E-state index in [9.17, 15) is 9.59 Å². The minimum absolute atomic E-state index is 0.0575. The zero-order valence-corrected chi connectivity index (χ0v) is 12.4. The fraction of sp³-hybridized carbons (Fsp3) is 0.857. The number of nitrogens with one attached hydrogen (secondary N) is 1. The Morgan fingerprint density at radius 2 is 2.11 bits per heavy atom. The Morgan fingerprint density at radius 1 is 1.42 bits per heavy atom. The predicted molar refractivity (Wildman–Crippen MR) is 73.7 cm³/mol. The lowest BCUT2D eigenvalue weighted by atomic mass is 9.97. The molecule has 3 atom stereocenters. The number of hydrogen-bond acceptors (Lipinski definition) is 4. The lowest BCUT2D eigenvalue weighted by molar-refractivity contribution is -0.147. The fourth-order valence-corrected chi connectivity index (χ4v) is 2.45. The SMILES string of the molecule is CC[C@H](C)[C@@H](NC(=O)[C@H]1CCCCN1C)C(=O)OC. The van der Waals surface area contributed by atoms with E-state index >= 15 is 0 Å². The van der Waals surface area contributed by atoms with Gasteiger partial charge in [-0.1, -0.05) is 26.7 Å². The summed E-state index contributed by atoms with van der Waals surface area (Å²) in [6.45, 7) is 4.89. The molecule has 0 aromatic carbocycles. The first kappa shape index (κ1) is 16.0. The summed E-state index contributed by atoms with van der Waals surface area (Å²) in [6, 6.07) is -0.664. The summed E-state index contributed by atoms with van der Waals surface area (Å²) < 4.78 is 4.78. The molecule has 1 aliphatic heterocycles. The lowest BCUT2D eigenvalue weighted by Crippen LogP contribution is -2.54. The standard InChI is InChI=1S/C14H26N2O3/c1-5-10(2)12(14(18)19-4)15-13(17)11-8-6-7-9-16(11)3/h10-12H,5-9H2,1-4H3,(H,15,17)/t10-,11+,12+/m0/s1. The van der Waals surface area contributed by atoms with Gasteiger partial charge in [-0.05, 0) is 32.4 Å². The third-order valence-corrected chi connectivity index (χ3v) is 4.04. The van der Waals surface area contributed by atoms with Crippen LogP contribution in [0.5, 0.6) is 0 Å². The number of carbonyl (C=O) groups is 2. The van der Waals surface area contributed by atoms with Crippen molar-refractivity contribution in [3.8, 4) is 0 Å². The summed E-state index contributed by atoms with van der Waals surface area (Å²) in [5, 5.41) is 2.86. The van der Waals surface area contributed by atoms with Crippen LogP contribution < -0.4 is 5.32 Å². The van der Waals surface area contributed by atoms with E-state index in [1.54, 1.807) is 0 Å². The molecule has 19 heavy (non-hydrogen) atoms. The van der Waals surface area contributed by atoms with E-state index in [0.717, 1.165) is 32.2 Å². The highest BCUT2D eigenvalue weighted by molar-refractivity contribution is 5.87. The third-order valence-electron chi connectivity index (χ3n) is 4.04.